The molecule has 0 aromatic rings. The second-order valence-corrected chi connectivity index (χ2v) is 9.92. The zero-order valence-electron chi connectivity index (χ0n) is 16.1. The van der Waals surface area contributed by atoms with Gasteiger partial charge in [-0.1, -0.05) is 25.5 Å². The highest BCUT2D eigenvalue weighted by molar-refractivity contribution is 5.86. The van der Waals surface area contributed by atoms with E-state index in [1.165, 1.54) is 5.57 Å². The Morgan fingerprint density at radius 3 is 2.60 bits per heavy atom. The molecule has 3 nitrogen and oxygen atoms in total. The van der Waals surface area contributed by atoms with E-state index in [2.05, 4.69) is 19.9 Å². The first-order chi connectivity index (χ1) is 11.7. The third-order valence-electron chi connectivity index (χ3n) is 9.05. The zero-order chi connectivity index (χ0) is 18.0. The van der Waals surface area contributed by atoms with Crippen LogP contribution in [0, 0.1) is 28.6 Å². The maximum Gasteiger partial charge on any atom is 0.161 e. The Balaban J connectivity index is 1.70. The molecule has 4 aliphatic carbocycles. The monoisotopic (exact) mass is 346 g/mol. The van der Waals surface area contributed by atoms with Crippen LogP contribution in [0.3, 0.4) is 0 Å². The predicted molar refractivity (Wildman–Crippen MR) is 98.0 cm³/mol. The van der Waals surface area contributed by atoms with Gasteiger partial charge >= 0.3 is 0 Å². The fraction of sp³-hybridized carbons (Fsp3) is 0.864. The first kappa shape index (κ1) is 17.7. The van der Waals surface area contributed by atoms with Crippen molar-refractivity contribution in [2.24, 2.45) is 28.6 Å². The van der Waals surface area contributed by atoms with Gasteiger partial charge in [0.1, 0.15) is 5.60 Å². The van der Waals surface area contributed by atoms with Crippen molar-refractivity contribution in [2.75, 3.05) is 0 Å². The Morgan fingerprint density at radius 2 is 1.88 bits per heavy atom. The van der Waals surface area contributed by atoms with Gasteiger partial charge in [-0.25, -0.2) is 0 Å². The van der Waals surface area contributed by atoms with Crippen LogP contribution in [-0.4, -0.2) is 27.7 Å². The van der Waals surface area contributed by atoms with Crippen LogP contribution >= 0.6 is 0 Å². The third-order valence-corrected chi connectivity index (χ3v) is 9.05. The first-order valence-electron chi connectivity index (χ1n) is 10.3. The van der Waals surface area contributed by atoms with E-state index >= 15 is 0 Å². The Labute approximate surface area is 151 Å². The van der Waals surface area contributed by atoms with E-state index in [-0.39, 0.29) is 22.7 Å². The summed E-state index contributed by atoms with van der Waals surface area (Å²) in [6.45, 7) is 6.20. The molecule has 4 aliphatic rings. The summed E-state index contributed by atoms with van der Waals surface area (Å²) in [6, 6.07) is 0. The van der Waals surface area contributed by atoms with Gasteiger partial charge in [0, 0.05) is 5.41 Å². The van der Waals surface area contributed by atoms with Crippen LogP contribution in [0.4, 0.5) is 0 Å². The van der Waals surface area contributed by atoms with Crippen molar-refractivity contribution in [3.63, 3.8) is 0 Å². The number of hydrogen-bond acceptors (Lipinski definition) is 3. The summed E-state index contributed by atoms with van der Waals surface area (Å²) in [7, 11) is 0. The predicted octanol–water partition coefficient (Wildman–Crippen LogP) is 4.02. The molecule has 0 amide bonds. The summed E-state index contributed by atoms with van der Waals surface area (Å²) in [5.74, 6) is 1.63. The van der Waals surface area contributed by atoms with E-state index in [4.69, 9.17) is 0 Å². The minimum absolute atomic E-state index is 0.0304. The number of carbonyl (C=O) groups is 1. The number of fused-ring (bicyclic) bond motifs is 5. The SMILES string of the molecule is CC(=O)[C@@]1(O)CCC[C@H]2[C@@H]3CC=C4C[C@@H](O)CC[C@]4(C)[C@H]3CC[C@@]21C. The number of aliphatic hydroxyl groups is 2. The van der Waals surface area contributed by atoms with E-state index in [1.54, 1.807) is 6.92 Å². The van der Waals surface area contributed by atoms with Gasteiger partial charge in [-0.2, -0.15) is 0 Å². The molecule has 0 radical (unpaired) electrons. The van der Waals surface area contributed by atoms with Crippen LogP contribution in [0.2, 0.25) is 0 Å². The molecule has 25 heavy (non-hydrogen) atoms. The topological polar surface area (TPSA) is 57.5 Å². The lowest BCUT2D eigenvalue weighted by molar-refractivity contribution is -0.192. The number of ketones is 1. The second kappa shape index (κ2) is 5.66. The van der Waals surface area contributed by atoms with Crippen molar-refractivity contribution < 1.29 is 15.0 Å². The van der Waals surface area contributed by atoms with Crippen molar-refractivity contribution in [3.05, 3.63) is 11.6 Å². The average molecular weight is 347 g/mol. The molecule has 2 N–H and O–H groups in total. The lowest BCUT2D eigenvalue weighted by Gasteiger charge is -2.63. The van der Waals surface area contributed by atoms with Gasteiger partial charge in [0.05, 0.1) is 6.10 Å². The third kappa shape index (κ3) is 2.27. The van der Waals surface area contributed by atoms with Crippen molar-refractivity contribution in [3.8, 4) is 0 Å². The van der Waals surface area contributed by atoms with Crippen LogP contribution in [-0.2, 0) is 4.79 Å². The Kier molecular flexibility index (Phi) is 4.01. The van der Waals surface area contributed by atoms with Crippen LogP contribution in [0.15, 0.2) is 11.6 Å². The van der Waals surface area contributed by atoms with Gasteiger partial charge in [-0.15, -0.1) is 0 Å². The largest absolute Gasteiger partial charge is 0.393 e. The van der Waals surface area contributed by atoms with Gasteiger partial charge in [0.2, 0.25) is 0 Å². The van der Waals surface area contributed by atoms with Crippen molar-refractivity contribution in [1.82, 2.24) is 0 Å². The highest BCUT2D eigenvalue weighted by Crippen LogP contribution is 2.65. The Bertz CT molecular complexity index is 610. The minimum atomic E-state index is -1.13. The molecule has 0 aromatic heterocycles. The number of allylic oxidation sites excluding steroid dienone is 1. The van der Waals surface area contributed by atoms with Crippen LogP contribution in [0.25, 0.3) is 0 Å². The summed E-state index contributed by atoms with van der Waals surface area (Å²) in [5.41, 5.74) is 0.298. The Morgan fingerprint density at radius 1 is 1.12 bits per heavy atom. The van der Waals surface area contributed by atoms with Gasteiger partial charge in [-0.05, 0) is 87.9 Å². The number of rotatable bonds is 1. The van der Waals surface area contributed by atoms with Crippen molar-refractivity contribution >= 4 is 5.78 Å². The molecule has 0 heterocycles. The number of hydrogen-bond donors (Lipinski definition) is 2. The summed E-state index contributed by atoms with van der Waals surface area (Å²) in [6.07, 6.45) is 11.0. The molecule has 0 aliphatic heterocycles. The highest BCUT2D eigenvalue weighted by Gasteiger charge is 2.63. The molecular weight excluding hydrogens is 312 g/mol. The highest BCUT2D eigenvalue weighted by atomic mass is 16.3. The van der Waals surface area contributed by atoms with Crippen LogP contribution in [0.5, 0.6) is 0 Å². The molecule has 7 atom stereocenters. The lowest BCUT2D eigenvalue weighted by Crippen LogP contribution is -2.63. The fourth-order valence-corrected chi connectivity index (χ4v) is 7.45. The van der Waals surface area contributed by atoms with Crippen LogP contribution in [0.1, 0.15) is 78.6 Å². The Hall–Kier alpha value is -0.670. The molecule has 0 bridgehead atoms. The molecule has 3 saturated carbocycles. The van der Waals surface area contributed by atoms with Gasteiger partial charge < -0.3 is 10.2 Å². The molecule has 0 aromatic carbocycles. The summed E-state index contributed by atoms with van der Waals surface area (Å²) in [5, 5.41) is 21.4. The maximum absolute atomic E-state index is 12.4. The summed E-state index contributed by atoms with van der Waals surface area (Å²) < 4.78 is 0. The van der Waals surface area contributed by atoms with Gasteiger partial charge in [0.15, 0.2) is 5.78 Å². The normalized spacial score (nSPS) is 52.4. The number of Topliss-reactive ketones (excluding diaryl/α,β-unsaturated/α-hetero) is 1. The van der Waals surface area contributed by atoms with E-state index in [1.807, 2.05) is 0 Å². The average Bonchev–Trinajstić information content (AvgIpc) is 2.56. The smallest absolute Gasteiger partial charge is 0.161 e. The standard InChI is InChI=1S/C22H34O3/c1-14(23)22(25)10-4-5-19-17-7-6-15-13-16(24)8-11-20(15,2)18(17)9-12-21(19,22)3/h6,16-19,24-25H,4-5,7-13H2,1-3H3/t16-,17+,18-,19-,20-,21-,22-/m0/s1. The zero-order valence-corrected chi connectivity index (χ0v) is 16.1. The number of aliphatic hydroxyl groups excluding tert-OH is 1. The van der Waals surface area contributed by atoms with Gasteiger partial charge in [-0.3, -0.25) is 4.79 Å². The van der Waals surface area contributed by atoms with Crippen molar-refractivity contribution in [1.29, 1.82) is 0 Å². The first-order valence-corrected chi connectivity index (χ1v) is 10.3. The second-order valence-electron chi connectivity index (χ2n) is 9.92. The van der Waals surface area contributed by atoms with Crippen LogP contribution < -0.4 is 0 Å². The van der Waals surface area contributed by atoms with E-state index in [0.29, 0.717) is 24.2 Å². The molecule has 0 spiro atoms. The van der Waals surface area contributed by atoms with E-state index < -0.39 is 5.60 Å². The molecule has 3 fully saturated rings. The molecule has 0 unspecified atom stereocenters. The molecule has 3 heteroatoms. The molecule has 140 valence electrons. The van der Waals surface area contributed by atoms with E-state index in [9.17, 15) is 15.0 Å². The van der Waals surface area contributed by atoms with Crippen molar-refractivity contribution in [2.45, 2.75) is 90.3 Å². The molecule has 0 saturated heterocycles. The van der Waals surface area contributed by atoms with E-state index in [0.717, 1.165) is 51.4 Å². The lowest BCUT2D eigenvalue weighted by atomic mass is 9.42. The quantitative estimate of drug-likeness (QED) is 0.705. The van der Waals surface area contributed by atoms with Gasteiger partial charge in [0.25, 0.3) is 0 Å². The molecular formula is C22H34O3. The summed E-state index contributed by atoms with van der Waals surface area (Å²) >= 11 is 0. The summed E-state index contributed by atoms with van der Waals surface area (Å²) in [4.78, 5) is 12.4. The maximum atomic E-state index is 12.4. The fourth-order valence-electron chi connectivity index (χ4n) is 7.45. The molecule has 4 rings (SSSR count). The number of carbonyl (C=O) groups excluding carboxylic acids is 1. The minimum Gasteiger partial charge on any atom is -0.393 e.